The molecule has 1 N–H and O–H groups in total. The molecule has 2 nitrogen and oxygen atoms in total. The molecule has 106 valence electrons. The van der Waals surface area contributed by atoms with E-state index in [0.717, 1.165) is 12.5 Å². The quantitative estimate of drug-likeness (QED) is 0.844. The van der Waals surface area contributed by atoms with Gasteiger partial charge in [0.1, 0.15) is 0 Å². The van der Waals surface area contributed by atoms with Gasteiger partial charge in [0, 0.05) is 18.6 Å². The van der Waals surface area contributed by atoms with E-state index < -0.39 is 0 Å². The second-order valence-corrected chi connectivity index (χ2v) is 5.93. The van der Waals surface area contributed by atoms with E-state index in [1.54, 1.807) is 0 Å². The summed E-state index contributed by atoms with van der Waals surface area (Å²) in [5.41, 5.74) is 1.51. The van der Waals surface area contributed by atoms with E-state index in [2.05, 4.69) is 61.3 Å². The topological polar surface area (TPSA) is 15.3 Å². The number of hydrogen-bond acceptors (Lipinski definition) is 2. The minimum atomic E-state index is 0.621. The van der Waals surface area contributed by atoms with E-state index >= 15 is 0 Å². The van der Waals surface area contributed by atoms with Crippen LogP contribution in [0.1, 0.15) is 45.1 Å². The van der Waals surface area contributed by atoms with Crippen LogP contribution in [0.2, 0.25) is 0 Å². The van der Waals surface area contributed by atoms with Crippen LogP contribution >= 0.6 is 0 Å². The molecule has 0 radical (unpaired) electrons. The number of likely N-dealkylation sites (tertiary alicyclic amines) is 1. The Bertz CT molecular complexity index is 363. The number of rotatable bonds is 6. The molecule has 1 aliphatic rings. The molecule has 0 saturated carbocycles. The molecule has 3 unspecified atom stereocenters. The monoisotopic (exact) mass is 260 g/mol. The summed E-state index contributed by atoms with van der Waals surface area (Å²) >= 11 is 0. The zero-order valence-corrected chi connectivity index (χ0v) is 12.6. The summed E-state index contributed by atoms with van der Waals surface area (Å²) in [6.45, 7) is 10.4. The second-order valence-electron chi connectivity index (χ2n) is 5.93. The van der Waals surface area contributed by atoms with Gasteiger partial charge in [-0.15, -0.1) is 0 Å². The first-order valence-corrected chi connectivity index (χ1v) is 7.73. The maximum Gasteiger partial charge on any atom is 0.00818 e. The molecule has 3 atom stereocenters. The van der Waals surface area contributed by atoms with Crippen molar-refractivity contribution in [1.29, 1.82) is 0 Å². The maximum absolute atomic E-state index is 3.52. The average molecular weight is 260 g/mol. The molecule has 0 spiro atoms. The van der Waals surface area contributed by atoms with E-state index in [1.165, 1.54) is 31.5 Å². The maximum atomic E-state index is 3.52. The molecular weight excluding hydrogens is 232 g/mol. The highest BCUT2D eigenvalue weighted by atomic mass is 15.2. The largest absolute Gasteiger partial charge is 0.314 e. The molecule has 0 aromatic heterocycles. The zero-order valence-electron chi connectivity index (χ0n) is 12.6. The summed E-state index contributed by atoms with van der Waals surface area (Å²) in [6, 6.07) is 12.3. The zero-order chi connectivity index (χ0) is 13.7. The summed E-state index contributed by atoms with van der Waals surface area (Å²) < 4.78 is 0. The van der Waals surface area contributed by atoms with E-state index in [1.807, 2.05) is 0 Å². The SMILES string of the molecule is CCNC(C)CC(C)N1CCC(c2ccccc2)C1. The molecule has 0 bridgehead atoms. The molecule has 2 heteroatoms. The minimum absolute atomic E-state index is 0.621. The van der Waals surface area contributed by atoms with Crippen molar-refractivity contribution in [2.75, 3.05) is 19.6 Å². The molecule has 1 aromatic carbocycles. The lowest BCUT2D eigenvalue weighted by Gasteiger charge is -2.27. The van der Waals surface area contributed by atoms with Crippen LogP contribution in [0.4, 0.5) is 0 Å². The molecule has 1 saturated heterocycles. The molecule has 1 heterocycles. The highest BCUT2D eigenvalue weighted by Gasteiger charge is 2.27. The molecule has 1 aliphatic heterocycles. The highest BCUT2D eigenvalue weighted by Crippen LogP contribution is 2.28. The third kappa shape index (κ3) is 4.05. The van der Waals surface area contributed by atoms with E-state index in [4.69, 9.17) is 0 Å². The Hall–Kier alpha value is -0.860. The van der Waals surface area contributed by atoms with E-state index in [-0.39, 0.29) is 0 Å². The van der Waals surface area contributed by atoms with Crippen molar-refractivity contribution in [2.45, 2.75) is 51.6 Å². The molecule has 0 amide bonds. The standard InChI is InChI=1S/C17H28N2/c1-4-18-14(2)12-15(3)19-11-10-17(13-19)16-8-6-5-7-9-16/h5-9,14-15,17-18H,4,10-13H2,1-3H3. The van der Waals surface area contributed by atoms with Crippen molar-refractivity contribution >= 4 is 0 Å². The van der Waals surface area contributed by atoms with Gasteiger partial charge in [-0.05, 0) is 51.3 Å². The fourth-order valence-electron chi connectivity index (χ4n) is 3.28. The molecule has 0 aliphatic carbocycles. The summed E-state index contributed by atoms with van der Waals surface area (Å²) in [7, 11) is 0. The van der Waals surface area contributed by atoms with Gasteiger partial charge in [-0.3, -0.25) is 4.90 Å². The molecule has 1 aromatic rings. The number of nitrogens with one attached hydrogen (secondary N) is 1. The van der Waals surface area contributed by atoms with Crippen LogP contribution in [0.5, 0.6) is 0 Å². The summed E-state index contributed by atoms with van der Waals surface area (Å²) in [4.78, 5) is 2.66. The van der Waals surface area contributed by atoms with Crippen molar-refractivity contribution in [2.24, 2.45) is 0 Å². The normalized spacial score (nSPS) is 23.4. The summed E-state index contributed by atoms with van der Waals surface area (Å²) in [6.07, 6.45) is 2.55. The van der Waals surface area contributed by atoms with Crippen molar-refractivity contribution in [3.8, 4) is 0 Å². The Kier molecular flexibility index (Phi) is 5.41. The number of nitrogens with zero attached hydrogens (tertiary/aromatic N) is 1. The Morgan fingerprint density at radius 2 is 2.00 bits per heavy atom. The molecular formula is C17H28N2. The van der Waals surface area contributed by atoms with Crippen molar-refractivity contribution in [1.82, 2.24) is 10.2 Å². The Balaban J connectivity index is 1.84. The lowest BCUT2D eigenvalue weighted by molar-refractivity contribution is 0.229. The van der Waals surface area contributed by atoms with Crippen LogP contribution in [-0.4, -0.2) is 36.6 Å². The van der Waals surface area contributed by atoms with Gasteiger partial charge in [-0.2, -0.15) is 0 Å². The van der Waals surface area contributed by atoms with Crippen molar-refractivity contribution in [3.05, 3.63) is 35.9 Å². The second kappa shape index (κ2) is 7.06. The predicted molar refractivity (Wildman–Crippen MR) is 82.6 cm³/mol. The van der Waals surface area contributed by atoms with Gasteiger partial charge >= 0.3 is 0 Å². The van der Waals surface area contributed by atoms with Gasteiger partial charge in [-0.25, -0.2) is 0 Å². The summed E-state index contributed by atoms with van der Waals surface area (Å²) in [5, 5.41) is 3.52. The Labute approximate surface area is 118 Å². The van der Waals surface area contributed by atoms with Gasteiger partial charge in [0.25, 0.3) is 0 Å². The van der Waals surface area contributed by atoms with Gasteiger partial charge in [0.05, 0.1) is 0 Å². The molecule has 2 rings (SSSR count). The molecule has 19 heavy (non-hydrogen) atoms. The van der Waals surface area contributed by atoms with Crippen LogP contribution in [0, 0.1) is 0 Å². The van der Waals surface area contributed by atoms with Crippen LogP contribution in [0.15, 0.2) is 30.3 Å². The Morgan fingerprint density at radius 1 is 1.26 bits per heavy atom. The van der Waals surface area contributed by atoms with Crippen molar-refractivity contribution in [3.63, 3.8) is 0 Å². The van der Waals surface area contributed by atoms with Crippen LogP contribution in [-0.2, 0) is 0 Å². The van der Waals surface area contributed by atoms with E-state index in [9.17, 15) is 0 Å². The van der Waals surface area contributed by atoms with Gasteiger partial charge < -0.3 is 5.32 Å². The number of hydrogen-bond donors (Lipinski definition) is 1. The van der Waals surface area contributed by atoms with Crippen LogP contribution in [0.3, 0.4) is 0 Å². The average Bonchev–Trinajstić information content (AvgIpc) is 2.89. The first-order chi connectivity index (χ1) is 9.20. The predicted octanol–water partition coefficient (Wildman–Crippen LogP) is 3.25. The highest BCUT2D eigenvalue weighted by molar-refractivity contribution is 5.21. The van der Waals surface area contributed by atoms with Crippen LogP contribution in [0.25, 0.3) is 0 Å². The Morgan fingerprint density at radius 3 is 2.68 bits per heavy atom. The third-order valence-electron chi connectivity index (χ3n) is 4.36. The lowest BCUT2D eigenvalue weighted by atomic mass is 9.99. The first-order valence-electron chi connectivity index (χ1n) is 7.73. The first kappa shape index (κ1) is 14.5. The fourth-order valence-corrected chi connectivity index (χ4v) is 3.28. The minimum Gasteiger partial charge on any atom is -0.314 e. The lowest BCUT2D eigenvalue weighted by Crippen LogP contribution is -2.37. The number of benzene rings is 1. The third-order valence-corrected chi connectivity index (χ3v) is 4.36. The molecule has 1 fully saturated rings. The summed E-state index contributed by atoms with van der Waals surface area (Å²) in [5.74, 6) is 0.734. The van der Waals surface area contributed by atoms with Crippen molar-refractivity contribution < 1.29 is 0 Å². The van der Waals surface area contributed by atoms with Gasteiger partial charge in [0.2, 0.25) is 0 Å². The van der Waals surface area contributed by atoms with Gasteiger partial charge in [-0.1, -0.05) is 37.3 Å². The van der Waals surface area contributed by atoms with Gasteiger partial charge in [0.15, 0.2) is 0 Å². The smallest absolute Gasteiger partial charge is 0.00818 e. The van der Waals surface area contributed by atoms with Crippen LogP contribution < -0.4 is 5.32 Å². The van der Waals surface area contributed by atoms with E-state index in [0.29, 0.717) is 12.1 Å². The fraction of sp³-hybridized carbons (Fsp3) is 0.647.